The predicted octanol–water partition coefficient (Wildman–Crippen LogP) is 7.71. The van der Waals surface area contributed by atoms with Crippen molar-refractivity contribution in [2.24, 2.45) is 32.3 Å². The molecule has 12 nitrogen and oxygen atoms in total. The molecule has 0 unspecified atom stereocenters. The SMILES string of the molecule is CN1CC[C@]23c4c5cc(N=Nc6ccc(/C=C/c7ccc(N=Nc8cc9c%10c(c8O)O[C@H]8[C@@H](O)C=C[C@H]%11[C@@H](C9)N(C)CC[C@@]%10%118)cc7)cc6)c(O)c4O[C@H]2[C@@H](O)C=C[C@H]3[C@H]1C5. The Labute approximate surface area is 347 Å². The lowest BCUT2D eigenvalue weighted by atomic mass is 9.53. The van der Waals surface area contributed by atoms with Gasteiger partial charge in [-0.05, 0) is 112 Å². The van der Waals surface area contributed by atoms with Gasteiger partial charge in [0.15, 0.2) is 23.0 Å². The van der Waals surface area contributed by atoms with Crippen LogP contribution < -0.4 is 9.47 Å². The van der Waals surface area contributed by atoms with Crippen molar-refractivity contribution in [3.63, 3.8) is 0 Å². The van der Waals surface area contributed by atoms with Crippen LogP contribution in [0.3, 0.4) is 0 Å². The van der Waals surface area contributed by atoms with E-state index in [-0.39, 0.29) is 46.2 Å². The molecular formula is C48H46N6O6. The molecule has 4 aromatic carbocycles. The Morgan fingerprint density at radius 2 is 1.02 bits per heavy atom. The highest BCUT2D eigenvalue weighted by atomic mass is 16.5. The van der Waals surface area contributed by atoms with Crippen molar-refractivity contribution in [3.05, 3.63) is 118 Å². The fourth-order valence-corrected chi connectivity index (χ4v) is 12.5. The summed E-state index contributed by atoms with van der Waals surface area (Å²) in [6, 6.07) is 19.9. The molecule has 4 aromatic rings. The van der Waals surface area contributed by atoms with Gasteiger partial charge in [-0.3, -0.25) is 0 Å². The number of hydrogen-bond acceptors (Lipinski definition) is 12. The summed E-state index contributed by atoms with van der Waals surface area (Å²) in [7, 11) is 4.33. The maximum absolute atomic E-state index is 11.4. The summed E-state index contributed by atoms with van der Waals surface area (Å²) in [5.74, 6) is 1.30. The van der Waals surface area contributed by atoms with Crippen molar-refractivity contribution in [2.75, 3.05) is 27.2 Å². The first-order chi connectivity index (χ1) is 29.1. The smallest absolute Gasteiger partial charge is 0.186 e. The van der Waals surface area contributed by atoms with Crippen molar-refractivity contribution < 1.29 is 29.9 Å². The van der Waals surface area contributed by atoms with E-state index in [0.717, 1.165) is 72.2 Å². The number of likely N-dealkylation sites (tertiary alicyclic amines) is 2. The highest BCUT2D eigenvalue weighted by Crippen LogP contribution is 2.65. The van der Waals surface area contributed by atoms with Crippen LogP contribution >= 0.6 is 0 Å². The van der Waals surface area contributed by atoms with Crippen LogP contribution in [0.15, 0.2) is 105 Å². The quantitative estimate of drug-likeness (QED) is 0.0879. The lowest BCUT2D eigenvalue weighted by Crippen LogP contribution is -2.64. The average molecular weight is 803 g/mol. The van der Waals surface area contributed by atoms with E-state index in [2.05, 4.69) is 56.5 Å². The van der Waals surface area contributed by atoms with Crippen LogP contribution in [0.2, 0.25) is 0 Å². The number of aliphatic hydroxyl groups is 2. The number of phenolic OH excluding ortho intramolecular Hbond substituents is 2. The molecule has 4 N–H and O–H groups in total. The molecule has 60 heavy (non-hydrogen) atoms. The fourth-order valence-electron chi connectivity index (χ4n) is 12.5. The van der Waals surface area contributed by atoms with E-state index in [4.69, 9.17) is 9.47 Å². The first kappa shape index (κ1) is 36.2. The van der Waals surface area contributed by atoms with Gasteiger partial charge in [-0.2, -0.15) is 10.2 Å². The fraction of sp³-hybridized carbons (Fsp3) is 0.375. The second-order valence-electron chi connectivity index (χ2n) is 18.1. The summed E-state index contributed by atoms with van der Waals surface area (Å²) in [6.07, 6.45) is 13.1. The van der Waals surface area contributed by atoms with Gasteiger partial charge < -0.3 is 39.7 Å². The first-order valence-corrected chi connectivity index (χ1v) is 21.1. The standard InChI is InChI=1S/C48H46N6O6/c1-53-19-17-47-31-13-15-37(55)45(47)59-43-39(47)27(23-35(31)53)21-33(41(43)57)51-49-29-9-5-25(6-10-29)3-4-26-7-11-30(12-8-26)50-52-34-22-28-24-36-32-14-16-38(56)46-48(32,18-20-54(36)2)40(28)44(60-46)42(34)58/h3-16,21-22,31-32,35-38,45-46,55-58H,17-20,23-24H2,1-2H3/b4-3+,51-49?,52-50?/t31-,32-,35+,36+,37-,38-,45-,46-,47-,48-/m0/s1. The number of aliphatic hydroxyl groups excluding tert-OH is 2. The molecule has 4 aliphatic carbocycles. The second kappa shape index (κ2) is 12.9. The minimum atomic E-state index is -0.732. The van der Waals surface area contributed by atoms with Crippen LogP contribution in [0.5, 0.6) is 23.0 Å². The Morgan fingerprint density at radius 1 is 0.600 bits per heavy atom. The summed E-state index contributed by atoms with van der Waals surface area (Å²) in [5, 5.41) is 62.7. The Hall–Kier alpha value is -5.66. The van der Waals surface area contributed by atoms with Gasteiger partial charge in [0.25, 0.3) is 0 Å². The lowest BCUT2D eigenvalue weighted by Gasteiger charge is -2.56. The zero-order chi connectivity index (χ0) is 40.7. The molecule has 12 heteroatoms. The van der Waals surface area contributed by atoms with Gasteiger partial charge in [-0.25, -0.2) is 0 Å². The number of aromatic hydroxyl groups is 2. The molecule has 0 saturated carbocycles. The molecule has 2 fully saturated rings. The normalized spacial score (nSPS) is 34.0. The molecule has 4 bridgehead atoms. The number of nitrogens with zero attached hydrogens (tertiary/aromatic N) is 6. The molecule has 4 heterocycles. The molecule has 0 amide bonds. The minimum absolute atomic E-state index is 0.0218. The highest BCUT2D eigenvalue weighted by Gasteiger charge is 2.66. The van der Waals surface area contributed by atoms with Gasteiger partial charge in [-0.1, -0.05) is 60.7 Å². The molecule has 4 aliphatic heterocycles. The Bertz CT molecular complexity index is 2440. The number of piperidine rings is 2. The first-order valence-electron chi connectivity index (χ1n) is 21.1. The molecule has 8 aliphatic rings. The number of rotatable bonds is 6. The molecule has 0 radical (unpaired) electrons. The van der Waals surface area contributed by atoms with Gasteiger partial charge in [-0.15, -0.1) is 10.2 Å². The van der Waals surface area contributed by atoms with Crippen molar-refractivity contribution >= 4 is 34.9 Å². The predicted molar refractivity (Wildman–Crippen MR) is 225 cm³/mol. The van der Waals surface area contributed by atoms with E-state index in [0.29, 0.717) is 34.2 Å². The molecular weight excluding hydrogens is 757 g/mol. The summed E-state index contributed by atoms with van der Waals surface area (Å²) in [5.41, 5.74) is 7.62. The maximum atomic E-state index is 11.4. The van der Waals surface area contributed by atoms with Crippen LogP contribution in [-0.4, -0.2) is 93.9 Å². The van der Waals surface area contributed by atoms with Crippen LogP contribution in [0.4, 0.5) is 22.7 Å². The third-order valence-corrected chi connectivity index (χ3v) is 15.3. The molecule has 10 atom stereocenters. The summed E-state index contributed by atoms with van der Waals surface area (Å²) in [6.45, 7) is 1.83. The van der Waals surface area contributed by atoms with Crippen molar-refractivity contribution in [1.29, 1.82) is 0 Å². The third-order valence-electron chi connectivity index (χ3n) is 15.3. The molecule has 2 spiro atoms. The minimum Gasteiger partial charge on any atom is -0.503 e. The van der Waals surface area contributed by atoms with E-state index in [9.17, 15) is 20.4 Å². The lowest BCUT2D eigenvalue weighted by molar-refractivity contribution is -0.0453. The van der Waals surface area contributed by atoms with E-state index in [1.54, 1.807) is 0 Å². The Balaban J connectivity index is 0.740. The summed E-state index contributed by atoms with van der Waals surface area (Å²) < 4.78 is 12.8. The van der Waals surface area contributed by atoms with Gasteiger partial charge in [0.05, 0.1) is 11.4 Å². The van der Waals surface area contributed by atoms with Crippen molar-refractivity contribution in [1.82, 2.24) is 9.80 Å². The zero-order valence-corrected chi connectivity index (χ0v) is 33.4. The van der Waals surface area contributed by atoms with E-state index in [1.807, 2.05) is 85.0 Å². The molecule has 2 saturated heterocycles. The van der Waals surface area contributed by atoms with Crippen LogP contribution in [0, 0.1) is 11.8 Å². The van der Waals surface area contributed by atoms with Crippen molar-refractivity contribution in [2.45, 2.75) is 73.0 Å². The third kappa shape index (κ3) is 4.93. The van der Waals surface area contributed by atoms with Gasteiger partial charge in [0, 0.05) is 45.9 Å². The number of benzene rings is 4. The number of azo groups is 2. The second-order valence-corrected chi connectivity index (χ2v) is 18.1. The molecule has 12 rings (SSSR count). The monoisotopic (exact) mass is 802 g/mol. The Morgan fingerprint density at radius 3 is 1.43 bits per heavy atom. The van der Waals surface area contributed by atoms with E-state index < -0.39 is 24.4 Å². The number of phenols is 2. The van der Waals surface area contributed by atoms with Crippen molar-refractivity contribution in [3.8, 4) is 23.0 Å². The maximum Gasteiger partial charge on any atom is 0.186 e. The number of ether oxygens (including phenoxy) is 2. The Kier molecular flexibility index (Phi) is 7.80. The van der Waals surface area contributed by atoms with E-state index >= 15 is 0 Å². The average Bonchev–Trinajstić information content (AvgIpc) is 3.80. The van der Waals surface area contributed by atoms with Crippen LogP contribution in [0.25, 0.3) is 12.2 Å². The molecule has 0 aromatic heterocycles. The summed E-state index contributed by atoms with van der Waals surface area (Å²) in [4.78, 5) is 4.81. The highest BCUT2D eigenvalue weighted by molar-refractivity contribution is 5.73. The molecule has 304 valence electrons. The van der Waals surface area contributed by atoms with Crippen LogP contribution in [-0.2, 0) is 23.7 Å². The zero-order valence-electron chi connectivity index (χ0n) is 33.4. The van der Waals surface area contributed by atoms with E-state index in [1.165, 1.54) is 0 Å². The number of hydrogen-bond donors (Lipinski definition) is 4. The largest absolute Gasteiger partial charge is 0.503 e. The van der Waals surface area contributed by atoms with Crippen LogP contribution in [0.1, 0.15) is 46.2 Å². The van der Waals surface area contributed by atoms with Gasteiger partial charge in [0.2, 0.25) is 0 Å². The topological polar surface area (TPSA) is 155 Å². The van der Waals surface area contributed by atoms with Gasteiger partial charge >= 0.3 is 0 Å². The summed E-state index contributed by atoms with van der Waals surface area (Å²) >= 11 is 0. The van der Waals surface area contributed by atoms with Gasteiger partial charge in [0.1, 0.15) is 35.8 Å². The number of likely N-dealkylation sites (N-methyl/N-ethyl adjacent to an activating group) is 2.